The van der Waals surface area contributed by atoms with E-state index in [0.717, 1.165) is 29.8 Å². The molecular weight excluding hydrogens is 272 g/mol. The van der Waals surface area contributed by atoms with Crippen LogP contribution < -0.4 is 22.5 Å². The summed E-state index contributed by atoms with van der Waals surface area (Å²) in [6, 6.07) is 11.5. The zero-order valence-electron chi connectivity index (χ0n) is 11.2. The number of rotatable bonds is 5. The smallest absolute Gasteiger partial charge is 0.0574 e. The maximum absolute atomic E-state index is 6.06. The molecule has 0 aliphatic rings. The molecule has 2 aromatic rings. The molecule has 4 nitrogen and oxygen atoms in total. The minimum atomic E-state index is 0.574. The van der Waals surface area contributed by atoms with Crippen molar-refractivity contribution in [2.24, 2.45) is 0 Å². The van der Waals surface area contributed by atoms with Gasteiger partial charge in [0.2, 0.25) is 0 Å². The van der Waals surface area contributed by atoms with E-state index < -0.39 is 0 Å². The average molecular weight is 291 g/mol. The van der Waals surface area contributed by atoms with Crippen LogP contribution in [0, 0.1) is 0 Å². The number of alkyl halides is 1. The summed E-state index contributed by atoms with van der Waals surface area (Å²) in [5.41, 5.74) is 22.4. The second-order valence-electron chi connectivity index (χ2n) is 4.62. The molecule has 106 valence electrons. The lowest BCUT2D eigenvalue weighted by Gasteiger charge is -2.11. The number of benzene rings is 2. The molecule has 0 saturated heterocycles. The molecule has 0 unspecified atom stereocenters. The summed E-state index contributed by atoms with van der Waals surface area (Å²) in [4.78, 5) is 0. The Morgan fingerprint density at radius 1 is 0.850 bits per heavy atom. The highest BCUT2D eigenvalue weighted by molar-refractivity contribution is 6.17. The quantitative estimate of drug-likeness (QED) is 0.387. The van der Waals surface area contributed by atoms with Crippen LogP contribution in [0.4, 0.5) is 22.7 Å². The Hall–Kier alpha value is -2.07. The molecule has 0 aromatic heterocycles. The molecule has 2 aromatic carbocycles. The van der Waals surface area contributed by atoms with Crippen molar-refractivity contribution in [2.75, 3.05) is 34.9 Å². The normalized spacial score (nSPS) is 10.4. The van der Waals surface area contributed by atoms with Crippen molar-refractivity contribution in [3.05, 3.63) is 36.4 Å². The van der Waals surface area contributed by atoms with Gasteiger partial charge in [-0.1, -0.05) is 12.1 Å². The summed E-state index contributed by atoms with van der Waals surface area (Å²) in [7, 11) is 0. The minimum absolute atomic E-state index is 0.574. The fourth-order valence-corrected chi connectivity index (χ4v) is 2.08. The van der Waals surface area contributed by atoms with Gasteiger partial charge in [-0.2, -0.15) is 0 Å². The third-order valence-electron chi connectivity index (χ3n) is 3.10. The van der Waals surface area contributed by atoms with E-state index in [0.29, 0.717) is 22.9 Å². The molecule has 0 radical (unpaired) electrons. The Bertz CT molecular complexity index is 598. The zero-order valence-corrected chi connectivity index (χ0v) is 12.0. The van der Waals surface area contributed by atoms with Crippen LogP contribution in [0.5, 0.6) is 0 Å². The Kier molecular flexibility index (Phi) is 4.58. The van der Waals surface area contributed by atoms with Gasteiger partial charge >= 0.3 is 0 Å². The Labute approximate surface area is 123 Å². The number of nitrogens with two attached hydrogens (primary N) is 3. The van der Waals surface area contributed by atoms with Gasteiger partial charge in [0.15, 0.2) is 0 Å². The fourth-order valence-electron chi connectivity index (χ4n) is 1.95. The molecule has 5 heteroatoms. The van der Waals surface area contributed by atoms with Crippen molar-refractivity contribution in [3.63, 3.8) is 0 Å². The van der Waals surface area contributed by atoms with Gasteiger partial charge in [0.25, 0.3) is 0 Å². The van der Waals surface area contributed by atoms with Gasteiger partial charge in [0, 0.05) is 12.4 Å². The highest BCUT2D eigenvalue weighted by Crippen LogP contribution is 2.29. The lowest BCUT2D eigenvalue weighted by Crippen LogP contribution is -2.04. The van der Waals surface area contributed by atoms with Gasteiger partial charge in [-0.3, -0.25) is 0 Å². The molecule has 0 atom stereocenters. The average Bonchev–Trinajstić information content (AvgIpc) is 2.44. The first-order valence-electron chi connectivity index (χ1n) is 6.46. The molecule has 20 heavy (non-hydrogen) atoms. The largest absolute Gasteiger partial charge is 0.397 e. The first-order chi connectivity index (χ1) is 9.61. The molecule has 0 heterocycles. The summed E-state index contributed by atoms with van der Waals surface area (Å²) in [5.74, 6) is 0.635. The van der Waals surface area contributed by atoms with Gasteiger partial charge in [-0.25, -0.2) is 0 Å². The van der Waals surface area contributed by atoms with Crippen molar-refractivity contribution in [2.45, 2.75) is 6.42 Å². The van der Waals surface area contributed by atoms with Gasteiger partial charge < -0.3 is 22.5 Å². The van der Waals surface area contributed by atoms with Crippen LogP contribution in [0.15, 0.2) is 36.4 Å². The van der Waals surface area contributed by atoms with Gasteiger partial charge in [0.1, 0.15) is 0 Å². The van der Waals surface area contributed by atoms with Crippen LogP contribution in [0.1, 0.15) is 6.42 Å². The topological polar surface area (TPSA) is 90.1 Å². The number of nitrogens with one attached hydrogen (secondary N) is 1. The van der Waals surface area contributed by atoms with Crippen LogP contribution in [-0.2, 0) is 0 Å². The minimum Gasteiger partial charge on any atom is -0.397 e. The van der Waals surface area contributed by atoms with E-state index in [1.165, 1.54) is 0 Å². The molecule has 0 aliphatic heterocycles. The fraction of sp³-hybridized carbons (Fsp3) is 0.200. The number of hydrogen-bond acceptors (Lipinski definition) is 4. The van der Waals surface area contributed by atoms with Crippen LogP contribution in [0.2, 0.25) is 0 Å². The summed E-state index contributed by atoms with van der Waals surface area (Å²) in [6.45, 7) is 0.807. The SMILES string of the molecule is Nc1ccc(-c2ccc(NCCCCl)c(N)c2)cc1N. The molecule has 2 rings (SSSR count). The van der Waals surface area contributed by atoms with Crippen molar-refractivity contribution in [1.82, 2.24) is 0 Å². The number of hydrogen-bond donors (Lipinski definition) is 4. The van der Waals surface area contributed by atoms with E-state index in [1.54, 1.807) is 6.07 Å². The standard InChI is InChI=1S/C15H19ClN4/c16-6-1-7-20-15-5-3-11(9-14(15)19)10-2-4-12(17)13(18)8-10/h2-5,8-9,20H,1,6-7,17-19H2. The second kappa shape index (κ2) is 6.39. The summed E-state index contributed by atoms with van der Waals surface area (Å²) in [6.07, 6.45) is 0.900. The molecule has 0 amide bonds. The third-order valence-corrected chi connectivity index (χ3v) is 3.36. The van der Waals surface area contributed by atoms with E-state index in [-0.39, 0.29) is 0 Å². The highest BCUT2D eigenvalue weighted by atomic mass is 35.5. The van der Waals surface area contributed by atoms with E-state index >= 15 is 0 Å². The lowest BCUT2D eigenvalue weighted by molar-refractivity contribution is 0.988. The van der Waals surface area contributed by atoms with E-state index in [9.17, 15) is 0 Å². The van der Waals surface area contributed by atoms with Gasteiger partial charge in [-0.05, 0) is 41.8 Å². The molecule has 0 aliphatic carbocycles. The van der Waals surface area contributed by atoms with E-state index in [4.69, 9.17) is 28.8 Å². The number of halogens is 1. The van der Waals surface area contributed by atoms with Crippen LogP contribution in [0.25, 0.3) is 11.1 Å². The van der Waals surface area contributed by atoms with Gasteiger partial charge in [-0.15, -0.1) is 11.6 Å². The Morgan fingerprint density at radius 2 is 1.50 bits per heavy atom. The first-order valence-corrected chi connectivity index (χ1v) is 7.00. The zero-order chi connectivity index (χ0) is 14.5. The predicted molar refractivity (Wildman–Crippen MR) is 88.9 cm³/mol. The Balaban J connectivity index is 2.21. The number of anilines is 4. The maximum atomic E-state index is 6.06. The van der Waals surface area contributed by atoms with E-state index in [1.807, 2.05) is 30.3 Å². The predicted octanol–water partition coefficient (Wildman–Crippen LogP) is 3.14. The van der Waals surface area contributed by atoms with Crippen LogP contribution in [-0.4, -0.2) is 12.4 Å². The summed E-state index contributed by atoms with van der Waals surface area (Å²) < 4.78 is 0. The second-order valence-corrected chi connectivity index (χ2v) is 4.99. The molecule has 0 saturated carbocycles. The Morgan fingerprint density at radius 3 is 2.10 bits per heavy atom. The molecular formula is C15H19ClN4. The third kappa shape index (κ3) is 3.27. The van der Waals surface area contributed by atoms with Crippen molar-refractivity contribution in [3.8, 4) is 11.1 Å². The van der Waals surface area contributed by atoms with Crippen LogP contribution in [0.3, 0.4) is 0 Å². The maximum Gasteiger partial charge on any atom is 0.0574 e. The summed E-state index contributed by atoms with van der Waals surface area (Å²) >= 11 is 5.65. The molecule has 7 N–H and O–H groups in total. The molecule has 0 spiro atoms. The van der Waals surface area contributed by atoms with E-state index in [2.05, 4.69) is 5.32 Å². The summed E-state index contributed by atoms with van der Waals surface area (Å²) in [5, 5.41) is 3.26. The number of nitrogen functional groups attached to an aromatic ring is 3. The van der Waals surface area contributed by atoms with Crippen LogP contribution >= 0.6 is 11.6 Å². The van der Waals surface area contributed by atoms with Crippen molar-refractivity contribution >= 4 is 34.4 Å². The lowest BCUT2D eigenvalue weighted by atomic mass is 10.0. The first kappa shape index (κ1) is 14.3. The van der Waals surface area contributed by atoms with Crippen molar-refractivity contribution < 1.29 is 0 Å². The molecule has 0 bridgehead atoms. The molecule has 0 fully saturated rings. The highest BCUT2D eigenvalue weighted by Gasteiger charge is 2.04. The monoisotopic (exact) mass is 290 g/mol. The van der Waals surface area contributed by atoms with Crippen molar-refractivity contribution in [1.29, 1.82) is 0 Å². The van der Waals surface area contributed by atoms with Gasteiger partial charge in [0.05, 0.1) is 22.7 Å².